The summed E-state index contributed by atoms with van der Waals surface area (Å²) < 4.78 is 50.4. The number of oxazole rings is 1. The van der Waals surface area contributed by atoms with Crippen molar-refractivity contribution in [3.8, 4) is 22.4 Å². The highest BCUT2D eigenvalue weighted by molar-refractivity contribution is 7.90. The Morgan fingerprint density at radius 3 is 2.41 bits per heavy atom. The summed E-state index contributed by atoms with van der Waals surface area (Å²) in [5.41, 5.74) is 4.39. The summed E-state index contributed by atoms with van der Waals surface area (Å²) >= 11 is 0. The van der Waals surface area contributed by atoms with Gasteiger partial charge in [-0.3, -0.25) is 0 Å². The number of ether oxygens (including phenoxy) is 1. The summed E-state index contributed by atoms with van der Waals surface area (Å²) in [5.74, 6) is 0.407. The van der Waals surface area contributed by atoms with Crippen LogP contribution in [0, 0.1) is 5.82 Å². The first-order chi connectivity index (χ1) is 13.9. The van der Waals surface area contributed by atoms with Gasteiger partial charge in [0.2, 0.25) is 5.71 Å². The van der Waals surface area contributed by atoms with Gasteiger partial charge in [0.15, 0.2) is 15.6 Å². The Balaban J connectivity index is 1.75. The van der Waals surface area contributed by atoms with Crippen LogP contribution in [0.25, 0.3) is 28.1 Å². The summed E-state index contributed by atoms with van der Waals surface area (Å²) in [6.07, 6.45) is 1.85. The molecule has 0 saturated heterocycles. The fourth-order valence-corrected chi connectivity index (χ4v) is 4.23. The van der Waals surface area contributed by atoms with Gasteiger partial charge in [-0.1, -0.05) is 24.3 Å². The van der Waals surface area contributed by atoms with Crippen LogP contribution in [0.5, 0.6) is 0 Å². The largest absolute Gasteiger partial charge is 0.438 e. The van der Waals surface area contributed by atoms with E-state index >= 15 is 0 Å². The minimum absolute atomic E-state index is 0.238. The van der Waals surface area contributed by atoms with E-state index in [1.54, 1.807) is 40.9 Å². The van der Waals surface area contributed by atoms with Crippen molar-refractivity contribution < 1.29 is 22.0 Å². The molecule has 0 aliphatic carbocycles. The van der Waals surface area contributed by atoms with Crippen molar-refractivity contribution in [1.29, 1.82) is 0 Å². The highest BCUT2D eigenvalue weighted by atomic mass is 32.2. The van der Waals surface area contributed by atoms with E-state index in [4.69, 9.17) is 14.3 Å². The van der Waals surface area contributed by atoms with Crippen LogP contribution in [0.1, 0.15) is 11.5 Å². The number of fused-ring (bicyclic) bond motifs is 3. The first-order valence-corrected chi connectivity index (χ1v) is 11.0. The van der Waals surface area contributed by atoms with Crippen LogP contribution in [0.2, 0.25) is 0 Å². The number of halogens is 1. The van der Waals surface area contributed by atoms with E-state index in [0.717, 1.165) is 28.1 Å². The Bertz CT molecular complexity index is 1320. The molecule has 0 N–H and O–H groups in total. The molecule has 0 amide bonds. The van der Waals surface area contributed by atoms with Gasteiger partial charge < -0.3 is 9.15 Å². The second kappa shape index (κ2) is 6.53. The SMILES string of the molecule is CS(=O)(=O)c1ccc(-c2nn3c4c(oc3c2-c2ccc(F)cc2)COCC4)cc1. The summed E-state index contributed by atoms with van der Waals surface area (Å²) in [4.78, 5) is 0.238. The van der Waals surface area contributed by atoms with Crippen LogP contribution >= 0.6 is 0 Å². The number of aromatic nitrogens is 2. The fourth-order valence-electron chi connectivity index (χ4n) is 3.60. The van der Waals surface area contributed by atoms with Gasteiger partial charge in [0, 0.05) is 18.2 Å². The lowest BCUT2D eigenvalue weighted by molar-refractivity contribution is 0.0940. The van der Waals surface area contributed by atoms with Gasteiger partial charge in [-0.15, -0.1) is 0 Å². The fraction of sp³-hybridized carbons (Fsp3) is 0.190. The standard InChI is InChI=1S/C21H17FN2O4S/c1-29(25,26)16-8-4-14(5-9-16)20-19(13-2-6-15(22)7-3-13)21-24(23-20)17-10-11-27-12-18(17)28-21/h2-9H,10-12H2,1H3. The topological polar surface area (TPSA) is 73.8 Å². The zero-order valence-electron chi connectivity index (χ0n) is 15.6. The first-order valence-electron chi connectivity index (χ1n) is 9.09. The smallest absolute Gasteiger partial charge is 0.230 e. The monoisotopic (exact) mass is 412 g/mol. The Labute approximate surface area is 166 Å². The second-order valence-corrected chi connectivity index (χ2v) is 9.03. The average molecular weight is 412 g/mol. The molecule has 4 aromatic rings. The van der Waals surface area contributed by atoms with Gasteiger partial charge in [0.25, 0.3) is 0 Å². The highest BCUT2D eigenvalue weighted by Crippen LogP contribution is 2.38. The van der Waals surface area contributed by atoms with Crippen molar-refractivity contribution in [2.24, 2.45) is 0 Å². The average Bonchev–Trinajstić information content (AvgIpc) is 3.24. The Morgan fingerprint density at radius 1 is 1.03 bits per heavy atom. The molecule has 3 heterocycles. The van der Waals surface area contributed by atoms with E-state index in [2.05, 4.69) is 0 Å². The van der Waals surface area contributed by atoms with Crippen molar-refractivity contribution in [1.82, 2.24) is 9.61 Å². The molecule has 0 unspecified atom stereocenters. The van der Waals surface area contributed by atoms with Crippen LogP contribution in [0.3, 0.4) is 0 Å². The van der Waals surface area contributed by atoms with Gasteiger partial charge in [-0.25, -0.2) is 17.3 Å². The molecule has 0 bridgehead atoms. The number of nitrogens with zero attached hydrogens (tertiary/aromatic N) is 2. The molecule has 1 aliphatic rings. The molecule has 8 heteroatoms. The molecule has 0 fully saturated rings. The molecule has 29 heavy (non-hydrogen) atoms. The van der Waals surface area contributed by atoms with Crippen molar-refractivity contribution in [2.75, 3.05) is 12.9 Å². The van der Waals surface area contributed by atoms with Crippen molar-refractivity contribution in [3.05, 3.63) is 65.8 Å². The van der Waals surface area contributed by atoms with Gasteiger partial charge in [0.05, 0.1) is 22.8 Å². The molecular weight excluding hydrogens is 395 g/mol. The predicted molar refractivity (Wildman–Crippen MR) is 105 cm³/mol. The molecule has 2 aromatic carbocycles. The third kappa shape index (κ3) is 3.04. The lowest BCUT2D eigenvalue weighted by atomic mass is 10.0. The minimum Gasteiger partial charge on any atom is -0.438 e. The molecule has 2 aromatic heterocycles. The zero-order valence-corrected chi connectivity index (χ0v) is 16.4. The number of hydrogen-bond acceptors (Lipinski definition) is 5. The second-order valence-electron chi connectivity index (χ2n) is 7.02. The van der Waals surface area contributed by atoms with Crippen LogP contribution < -0.4 is 0 Å². The number of sulfone groups is 1. The Hall–Kier alpha value is -2.97. The van der Waals surface area contributed by atoms with Gasteiger partial charge in [-0.2, -0.15) is 5.10 Å². The maximum Gasteiger partial charge on any atom is 0.230 e. The number of rotatable bonds is 3. The molecule has 0 radical (unpaired) electrons. The molecule has 1 aliphatic heterocycles. The van der Waals surface area contributed by atoms with Crippen molar-refractivity contribution in [3.63, 3.8) is 0 Å². The van der Waals surface area contributed by atoms with Crippen molar-refractivity contribution in [2.45, 2.75) is 17.9 Å². The summed E-state index contributed by atoms with van der Waals surface area (Å²) in [6.45, 7) is 0.978. The van der Waals surface area contributed by atoms with Crippen LogP contribution in [0.4, 0.5) is 4.39 Å². The zero-order chi connectivity index (χ0) is 20.2. The molecule has 0 atom stereocenters. The first kappa shape index (κ1) is 18.1. The van der Waals surface area contributed by atoms with Crippen LogP contribution in [-0.2, 0) is 27.6 Å². The van der Waals surface area contributed by atoms with E-state index in [9.17, 15) is 12.8 Å². The summed E-state index contributed by atoms with van der Waals surface area (Å²) in [5, 5.41) is 4.77. The lowest BCUT2D eigenvalue weighted by Gasteiger charge is -2.09. The van der Waals surface area contributed by atoms with Crippen LogP contribution in [0.15, 0.2) is 57.8 Å². The van der Waals surface area contributed by atoms with Gasteiger partial charge in [0.1, 0.15) is 18.1 Å². The molecule has 5 rings (SSSR count). The molecule has 148 valence electrons. The highest BCUT2D eigenvalue weighted by Gasteiger charge is 2.26. The quantitative estimate of drug-likeness (QED) is 0.511. The Kier molecular flexibility index (Phi) is 4.07. The Morgan fingerprint density at radius 2 is 1.72 bits per heavy atom. The molecule has 6 nitrogen and oxygen atoms in total. The van der Waals surface area contributed by atoms with E-state index in [-0.39, 0.29) is 10.7 Å². The third-order valence-electron chi connectivity index (χ3n) is 5.05. The van der Waals surface area contributed by atoms with E-state index in [0.29, 0.717) is 31.0 Å². The van der Waals surface area contributed by atoms with Gasteiger partial charge >= 0.3 is 0 Å². The van der Waals surface area contributed by atoms with E-state index in [1.165, 1.54) is 18.4 Å². The van der Waals surface area contributed by atoms with E-state index in [1.807, 2.05) is 0 Å². The maximum atomic E-state index is 13.5. The van der Waals surface area contributed by atoms with Crippen molar-refractivity contribution >= 4 is 15.6 Å². The maximum absolute atomic E-state index is 13.5. The molecule has 0 spiro atoms. The molecule has 0 saturated carbocycles. The number of benzene rings is 2. The lowest BCUT2D eigenvalue weighted by Crippen LogP contribution is -2.10. The minimum atomic E-state index is -3.29. The third-order valence-corrected chi connectivity index (χ3v) is 6.17. The van der Waals surface area contributed by atoms with E-state index < -0.39 is 9.84 Å². The summed E-state index contributed by atoms with van der Waals surface area (Å²) in [7, 11) is -3.29. The van der Waals surface area contributed by atoms with Crippen LogP contribution in [-0.4, -0.2) is 30.9 Å². The predicted octanol–water partition coefficient (Wildman–Crippen LogP) is 3.88. The summed E-state index contributed by atoms with van der Waals surface area (Å²) in [6, 6.07) is 12.7. The van der Waals surface area contributed by atoms with Gasteiger partial charge in [-0.05, 0) is 29.8 Å². The molecular formula is C21H17FN2O4S. The normalized spacial score (nSPS) is 14.3. The number of hydrogen-bond donors (Lipinski definition) is 0.